The molecular formula is C26H25NO7. The molecule has 1 heterocycles. The van der Waals surface area contributed by atoms with Crippen LogP contribution in [0.5, 0.6) is 23.0 Å². The number of hydrogen-bond donors (Lipinski definition) is 3. The quantitative estimate of drug-likeness (QED) is 0.258. The van der Waals surface area contributed by atoms with Crippen molar-refractivity contribution >= 4 is 17.3 Å². The van der Waals surface area contributed by atoms with E-state index >= 15 is 0 Å². The van der Waals surface area contributed by atoms with Gasteiger partial charge < -0.3 is 25.0 Å². The summed E-state index contributed by atoms with van der Waals surface area (Å²) < 4.78 is 11.4. The maximum absolute atomic E-state index is 13.7. The Bertz CT molecular complexity index is 1290. The molecule has 0 unspecified atom stereocenters. The fourth-order valence-corrected chi connectivity index (χ4v) is 4.37. The van der Waals surface area contributed by atoms with Crippen molar-refractivity contribution in [1.29, 1.82) is 0 Å². The van der Waals surface area contributed by atoms with Gasteiger partial charge in [-0.2, -0.15) is 0 Å². The van der Waals surface area contributed by atoms with E-state index in [9.17, 15) is 24.6 Å². The zero-order valence-electron chi connectivity index (χ0n) is 19.3. The molecule has 0 amide bonds. The smallest absolute Gasteiger partial charge is 0.194 e. The molecule has 8 heteroatoms. The molecule has 2 aromatic carbocycles. The molecule has 4 rings (SSSR count). The lowest BCUT2D eigenvalue weighted by Crippen LogP contribution is -2.41. The Balaban J connectivity index is 1.69. The number of benzene rings is 2. The molecule has 0 saturated heterocycles. The van der Waals surface area contributed by atoms with Crippen LogP contribution >= 0.6 is 0 Å². The van der Waals surface area contributed by atoms with Crippen molar-refractivity contribution in [3.63, 3.8) is 0 Å². The second-order valence-corrected chi connectivity index (χ2v) is 8.47. The highest BCUT2D eigenvalue weighted by atomic mass is 16.5. The topological polar surface area (TPSA) is 122 Å². The number of ketones is 3. The van der Waals surface area contributed by atoms with Crippen LogP contribution in [0, 0.1) is 6.92 Å². The van der Waals surface area contributed by atoms with Crippen LogP contribution in [0.4, 0.5) is 0 Å². The molecule has 0 aromatic heterocycles. The molecule has 1 aliphatic carbocycles. The highest BCUT2D eigenvalue weighted by Crippen LogP contribution is 2.57. The van der Waals surface area contributed by atoms with Crippen LogP contribution in [-0.4, -0.2) is 40.7 Å². The highest BCUT2D eigenvalue weighted by molar-refractivity contribution is 6.31. The van der Waals surface area contributed by atoms with E-state index in [0.717, 1.165) is 0 Å². The van der Waals surface area contributed by atoms with E-state index in [-0.39, 0.29) is 39.5 Å². The summed E-state index contributed by atoms with van der Waals surface area (Å²) in [6, 6.07) is 9.25. The summed E-state index contributed by atoms with van der Waals surface area (Å²) in [5.74, 6) is -1.79. The Kier molecular flexibility index (Phi) is 5.69. The number of carbonyl (C=O) groups excluding carboxylic acids is 3. The molecule has 2 aliphatic rings. The van der Waals surface area contributed by atoms with Crippen molar-refractivity contribution in [1.82, 2.24) is 5.32 Å². The van der Waals surface area contributed by atoms with E-state index < -0.39 is 28.5 Å². The third-order valence-corrected chi connectivity index (χ3v) is 6.26. The van der Waals surface area contributed by atoms with E-state index in [1.165, 1.54) is 26.8 Å². The Labute approximate surface area is 196 Å². The molecule has 0 spiro atoms. The Morgan fingerprint density at radius 1 is 1.12 bits per heavy atom. The number of phenolic OH excluding ortho intramolecular Hbond substituents is 2. The van der Waals surface area contributed by atoms with Crippen molar-refractivity contribution in [2.24, 2.45) is 0 Å². The number of rotatable bonds is 6. The summed E-state index contributed by atoms with van der Waals surface area (Å²) in [7, 11) is 0. The van der Waals surface area contributed by atoms with E-state index in [2.05, 4.69) is 5.32 Å². The molecular weight excluding hydrogens is 438 g/mol. The fraction of sp³-hybridized carbons (Fsp3) is 0.269. The minimum atomic E-state index is -1.53. The first-order valence-corrected chi connectivity index (χ1v) is 10.8. The number of ether oxygens (including phenoxy) is 2. The second kappa shape index (κ2) is 8.37. The molecule has 2 aromatic rings. The van der Waals surface area contributed by atoms with Crippen LogP contribution in [-0.2, 0) is 15.0 Å². The first kappa shape index (κ1) is 23.1. The highest BCUT2D eigenvalue weighted by Gasteiger charge is 2.56. The molecule has 176 valence electrons. The van der Waals surface area contributed by atoms with Crippen LogP contribution in [0.3, 0.4) is 0 Å². The second-order valence-electron chi connectivity index (χ2n) is 8.47. The molecule has 3 N–H and O–H groups in total. The molecule has 0 radical (unpaired) electrons. The van der Waals surface area contributed by atoms with Gasteiger partial charge in [0.2, 0.25) is 0 Å². The number of aromatic hydroxyl groups is 2. The van der Waals surface area contributed by atoms with E-state index in [4.69, 9.17) is 9.47 Å². The maximum Gasteiger partial charge on any atom is 0.194 e. The van der Waals surface area contributed by atoms with Crippen LogP contribution in [0.15, 0.2) is 53.4 Å². The third kappa shape index (κ3) is 3.42. The van der Waals surface area contributed by atoms with Gasteiger partial charge in [0.15, 0.2) is 17.3 Å². The predicted octanol–water partition coefficient (Wildman–Crippen LogP) is 3.24. The number of allylic oxidation sites excluding steroid dienone is 4. The van der Waals surface area contributed by atoms with Gasteiger partial charge in [0.1, 0.15) is 46.3 Å². The van der Waals surface area contributed by atoms with Crippen molar-refractivity contribution in [3.05, 3.63) is 70.1 Å². The third-order valence-electron chi connectivity index (χ3n) is 6.26. The average Bonchev–Trinajstić information content (AvgIpc) is 3.09. The predicted molar refractivity (Wildman–Crippen MR) is 123 cm³/mol. The van der Waals surface area contributed by atoms with Crippen molar-refractivity contribution in [2.45, 2.75) is 33.1 Å². The summed E-state index contributed by atoms with van der Waals surface area (Å²) in [4.78, 5) is 38.8. The zero-order valence-corrected chi connectivity index (χ0v) is 19.3. The summed E-state index contributed by atoms with van der Waals surface area (Å²) in [6.07, 6.45) is 1.19. The maximum atomic E-state index is 13.7. The minimum absolute atomic E-state index is 0.00395. The zero-order chi connectivity index (χ0) is 24.8. The molecule has 0 bridgehead atoms. The fourth-order valence-electron chi connectivity index (χ4n) is 4.37. The molecule has 8 nitrogen and oxygen atoms in total. The molecule has 0 fully saturated rings. The summed E-state index contributed by atoms with van der Waals surface area (Å²) in [5.41, 5.74) is -1.27. The number of nitrogens with one attached hydrogen (secondary N) is 1. The number of hydrogen-bond acceptors (Lipinski definition) is 8. The van der Waals surface area contributed by atoms with Gasteiger partial charge in [-0.3, -0.25) is 14.4 Å². The monoisotopic (exact) mass is 463 g/mol. The van der Waals surface area contributed by atoms with Crippen LogP contribution < -0.4 is 14.8 Å². The van der Waals surface area contributed by atoms with Crippen molar-refractivity contribution in [2.75, 3.05) is 13.2 Å². The first-order valence-electron chi connectivity index (χ1n) is 10.8. The number of Topliss-reactive ketones (excluding diaryl/α,β-unsaturated/α-hetero) is 2. The van der Waals surface area contributed by atoms with Gasteiger partial charge in [-0.15, -0.1) is 0 Å². The Hall–Kier alpha value is -4.07. The average molecular weight is 463 g/mol. The SMILES string of the molecule is CC(=O)c1c(O)c(C)c(O)c2c1OC1=CC(=O)/C(=C(/C)NCCOc3ccccc3)C(=O)[C@]12C. The molecule has 1 atom stereocenters. The molecule has 1 aliphatic heterocycles. The summed E-state index contributed by atoms with van der Waals surface area (Å²) >= 11 is 0. The van der Waals surface area contributed by atoms with Gasteiger partial charge in [0.25, 0.3) is 0 Å². The van der Waals surface area contributed by atoms with Crippen molar-refractivity contribution < 1.29 is 34.1 Å². The minimum Gasteiger partial charge on any atom is -0.507 e. The summed E-state index contributed by atoms with van der Waals surface area (Å²) in [6.45, 7) is 6.50. The van der Waals surface area contributed by atoms with E-state index in [1.54, 1.807) is 6.92 Å². The van der Waals surface area contributed by atoms with E-state index in [1.807, 2.05) is 30.3 Å². The Morgan fingerprint density at radius 3 is 2.44 bits per heavy atom. The standard InChI is InChI=1S/C26H25NO7/c1-13-22(30)20(15(3)28)24-21(23(13)31)26(4)18(34-24)12-17(29)19(25(26)32)14(2)27-10-11-33-16-8-6-5-7-9-16/h5-9,12,27,30-31H,10-11H2,1-4H3/b19-14+/t26-/m1/s1. The van der Waals surface area contributed by atoms with Crippen LogP contribution in [0.1, 0.15) is 42.3 Å². The van der Waals surface area contributed by atoms with Gasteiger partial charge in [-0.25, -0.2) is 0 Å². The van der Waals surface area contributed by atoms with Gasteiger partial charge in [-0.05, 0) is 39.8 Å². The van der Waals surface area contributed by atoms with Gasteiger partial charge in [-0.1, -0.05) is 18.2 Å². The van der Waals surface area contributed by atoms with Gasteiger partial charge >= 0.3 is 0 Å². The van der Waals surface area contributed by atoms with E-state index in [0.29, 0.717) is 24.6 Å². The molecule has 0 saturated carbocycles. The number of fused-ring (bicyclic) bond motifs is 3. The van der Waals surface area contributed by atoms with Crippen molar-refractivity contribution in [3.8, 4) is 23.0 Å². The lowest BCUT2D eigenvalue weighted by Gasteiger charge is -2.29. The normalized spacial score (nSPS) is 20.2. The molecule has 34 heavy (non-hydrogen) atoms. The van der Waals surface area contributed by atoms with Gasteiger partial charge in [0, 0.05) is 23.9 Å². The number of phenols is 2. The Morgan fingerprint density at radius 2 is 1.79 bits per heavy atom. The first-order chi connectivity index (χ1) is 16.1. The largest absolute Gasteiger partial charge is 0.507 e. The lowest BCUT2D eigenvalue weighted by atomic mass is 9.70. The number of para-hydroxylation sites is 1. The summed E-state index contributed by atoms with van der Waals surface area (Å²) in [5, 5.41) is 24.3. The van der Waals surface area contributed by atoms with Gasteiger partial charge in [0.05, 0.1) is 11.1 Å². The lowest BCUT2D eigenvalue weighted by molar-refractivity contribution is -0.123. The van der Waals surface area contributed by atoms with Crippen LogP contribution in [0.2, 0.25) is 0 Å². The number of carbonyl (C=O) groups is 3. The van der Waals surface area contributed by atoms with Crippen LogP contribution in [0.25, 0.3) is 0 Å².